The van der Waals surface area contributed by atoms with E-state index in [1.165, 1.54) is 5.56 Å². The van der Waals surface area contributed by atoms with Crippen molar-refractivity contribution in [3.63, 3.8) is 0 Å². The molecule has 0 aromatic heterocycles. The molecule has 0 aliphatic rings. The van der Waals surface area contributed by atoms with Crippen LogP contribution < -0.4 is 0 Å². The fourth-order valence-corrected chi connectivity index (χ4v) is 2.16. The van der Waals surface area contributed by atoms with Gasteiger partial charge in [0.05, 0.1) is 6.61 Å². The lowest BCUT2D eigenvalue weighted by Gasteiger charge is -2.04. The number of carbonyl (C=O) groups excluding carboxylic acids is 1. The molecule has 0 saturated heterocycles. The maximum atomic E-state index is 11.9. The molecule has 0 heterocycles. The Hall–Kier alpha value is -1.64. The van der Waals surface area contributed by atoms with Crippen LogP contribution in [-0.4, -0.2) is 12.4 Å². The summed E-state index contributed by atoms with van der Waals surface area (Å²) < 4.78 is 5.59. The maximum Gasteiger partial charge on any atom is 0.162 e. The van der Waals surface area contributed by atoms with Gasteiger partial charge >= 0.3 is 0 Å². The number of hydrogen-bond donors (Lipinski definition) is 0. The smallest absolute Gasteiger partial charge is 0.162 e. The number of ketones is 1. The van der Waals surface area contributed by atoms with Crippen LogP contribution >= 0.6 is 11.6 Å². The third kappa shape index (κ3) is 5.70. The van der Waals surface area contributed by atoms with Gasteiger partial charge in [0.25, 0.3) is 0 Å². The molecule has 0 atom stereocenters. The molecule has 0 spiro atoms. The van der Waals surface area contributed by atoms with E-state index in [0.717, 1.165) is 18.4 Å². The number of benzene rings is 2. The van der Waals surface area contributed by atoms with E-state index >= 15 is 0 Å². The van der Waals surface area contributed by atoms with Crippen molar-refractivity contribution in [2.24, 2.45) is 0 Å². The van der Waals surface area contributed by atoms with E-state index in [4.69, 9.17) is 16.3 Å². The minimum absolute atomic E-state index is 0.162. The van der Waals surface area contributed by atoms with Gasteiger partial charge in [0.2, 0.25) is 0 Å². The van der Waals surface area contributed by atoms with Crippen molar-refractivity contribution in [1.29, 1.82) is 0 Å². The van der Waals surface area contributed by atoms with E-state index in [-0.39, 0.29) is 5.78 Å². The van der Waals surface area contributed by atoms with Gasteiger partial charge in [0, 0.05) is 23.6 Å². The summed E-state index contributed by atoms with van der Waals surface area (Å²) in [6.07, 6.45) is 2.29. The van der Waals surface area contributed by atoms with Crippen molar-refractivity contribution >= 4 is 17.4 Å². The summed E-state index contributed by atoms with van der Waals surface area (Å²) in [4.78, 5) is 11.9. The van der Waals surface area contributed by atoms with Crippen molar-refractivity contribution in [3.8, 4) is 0 Å². The van der Waals surface area contributed by atoms with Crippen molar-refractivity contribution in [2.45, 2.75) is 25.9 Å². The second-order valence-corrected chi connectivity index (χ2v) is 5.36. The Morgan fingerprint density at radius 1 is 0.952 bits per heavy atom. The number of ether oxygens (including phenoxy) is 1. The second-order valence-electron chi connectivity index (χ2n) is 4.93. The van der Waals surface area contributed by atoms with Crippen LogP contribution in [0.15, 0.2) is 54.6 Å². The predicted molar refractivity (Wildman–Crippen MR) is 85.7 cm³/mol. The van der Waals surface area contributed by atoms with Crippen molar-refractivity contribution in [1.82, 2.24) is 0 Å². The molecule has 110 valence electrons. The zero-order valence-electron chi connectivity index (χ0n) is 11.9. The van der Waals surface area contributed by atoms with Gasteiger partial charge in [0.1, 0.15) is 0 Å². The SMILES string of the molecule is O=C(CCCCOCc1ccccc1)c1ccc(Cl)cc1. The largest absolute Gasteiger partial charge is 0.377 e. The summed E-state index contributed by atoms with van der Waals surface area (Å²) in [5.74, 6) is 0.162. The molecule has 0 aliphatic heterocycles. The lowest BCUT2D eigenvalue weighted by Crippen LogP contribution is -2.01. The summed E-state index contributed by atoms with van der Waals surface area (Å²) in [6.45, 7) is 1.31. The molecule has 2 aromatic rings. The van der Waals surface area contributed by atoms with Gasteiger partial charge in [0.15, 0.2) is 5.78 Å². The monoisotopic (exact) mass is 302 g/mol. The zero-order chi connectivity index (χ0) is 14.9. The molecular formula is C18H19ClO2. The topological polar surface area (TPSA) is 26.3 Å². The van der Waals surface area contributed by atoms with E-state index in [0.29, 0.717) is 24.7 Å². The van der Waals surface area contributed by atoms with Gasteiger partial charge < -0.3 is 4.74 Å². The molecule has 2 rings (SSSR count). The molecule has 0 N–H and O–H groups in total. The molecule has 0 fully saturated rings. The average Bonchev–Trinajstić information content (AvgIpc) is 2.52. The first-order chi connectivity index (χ1) is 10.3. The minimum Gasteiger partial charge on any atom is -0.377 e. The average molecular weight is 303 g/mol. The van der Waals surface area contributed by atoms with Crippen LogP contribution in [0.2, 0.25) is 5.02 Å². The van der Waals surface area contributed by atoms with Crippen molar-refractivity contribution in [3.05, 3.63) is 70.7 Å². The molecule has 2 nitrogen and oxygen atoms in total. The van der Waals surface area contributed by atoms with E-state index in [1.54, 1.807) is 24.3 Å². The molecule has 0 bridgehead atoms. The highest BCUT2D eigenvalue weighted by molar-refractivity contribution is 6.30. The number of rotatable bonds is 8. The minimum atomic E-state index is 0.162. The van der Waals surface area contributed by atoms with Crippen LogP contribution in [0.3, 0.4) is 0 Å². The molecule has 0 radical (unpaired) electrons. The number of Topliss-reactive ketones (excluding diaryl/α,β-unsaturated/α-hetero) is 1. The van der Waals surface area contributed by atoms with Gasteiger partial charge in [-0.25, -0.2) is 0 Å². The van der Waals surface area contributed by atoms with Crippen LogP contribution in [0.1, 0.15) is 35.2 Å². The van der Waals surface area contributed by atoms with Gasteiger partial charge in [-0.3, -0.25) is 4.79 Å². The van der Waals surface area contributed by atoms with Crippen LogP contribution in [0, 0.1) is 0 Å². The number of unbranched alkanes of at least 4 members (excludes halogenated alkanes) is 1. The van der Waals surface area contributed by atoms with Crippen molar-refractivity contribution < 1.29 is 9.53 Å². The van der Waals surface area contributed by atoms with Crippen LogP contribution in [0.4, 0.5) is 0 Å². The van der Waals surface area contributed by atoms with Crippen LogP contribution in [-0.2, 0) is 11.3 Å². The Balaban J connectivity index is 1.59. The Bertz CT molecular complexity index is 549. The standard InChI is InChI=1S/C18H19ClO2/c19-17-11-9-16(10-12-17)18(20)8-4-5-13-21-14-15-6-2-1-3-7-15/h1-3,6-7,9-12H,4-5,8,13-14H2. The van der Waals surface area contributed by atoms with Crippen LogP contribution in [0.5, 0.6) is 0 Å². The lowest BCUT2D eigenvalue weighted by atomic mass is 10.1. The van der Waals surface area contributed by atoms with Gasteiger partial charge in [-0.2, -0.15) is 0 Å². The number of hydrogen-bond acceptors (Lipinski definition) is 2. The molecular weight excluding hydrogens is 284 g/mol. The Morgan fingerprint density at radius 3 is 2.38 bits per heavy atom. The second kappa shape index (κ2) is 8.60. The van der Waals surface area contributed by atoms with E-state index in [2.05, 4.69) is 0 Å². The predicted octanol–water partition coefficient (Wildman–Crippen LogP) is 4.91. The molecule has 0 amide bonds. The van der Waals surface area contributed by atoms with Crippen LogP contribution in [0.25, 0.3) is 0 Å². The maximum absolute atomic E-state index is 11.9. The normalized spacial score (nSPS) is 10.5. The Kier molecular flexibility index (Phi) is 6.45. The number of halogens is 1. The first-order valence-electron chi connectivity index (χ1n) is 7.16. The first kappa shape index (κ1) is 15.7. The summed E-state index contributed by atoms with van der Waals surface area (Å²) in [5.41, 5.74) is 1.90. The molecule has 0 aliphatic carbocycles. The third-order valence-corrected chi connectivity index (χ3v) is 3.47. The highest BCUT2D eigenvalue weighted by atomic mass is 35.5. The van der Waals surface area contributed by atoms with Gasteiger partial charge in [-0.15, -0.1) is 0 Å². The van der Waals surface area contributed by atoms with Gasteiger partial charge in [-0.1, -0.05) is 41.9 Å². The molecule has 2 aromatic carbocycles. The third-order valence-electron chi connectivity index (χ3n) is 3.22. The fourth-order valence-electron chi connectivity index (χ4n) is 2.03. The number of carbonyl (C=O) groups is 1. The summed E-state index contributed by atoms with van der Waals surface area (Å²) >= 11 is 5.80. The van der Waals surface area contributed by atoms with E-state index in [9.17, 15) is 4.79 Å². The zero-order valence-corrected chi connectivity index (χ0v) is 12.7. The Labute approximate surface area is 130 Å². The summed E-state index contributed by atoms with van der Waals surface area (Å²) in [7, 11) is 0. The summed E-state index contributed by atoms with van der Waals surface area (Å²) in [6, 6.07) is 17.1. The molecule has 21 heavy (non-hydrogen) atoms. The van der Waals surface area contributed by atoms with E-state index in [1.807, 2.05) is 30.3 Å². The highest BCUT2D eigenvalue weighted by Crippen LogP contribution is 2.12. The van der Waals surface area contributed by atoms with Gasteiger partial charge in [-0.05, 0) is 42.7 Å². The highest BCUT2D eigenvalue weighted by Gasteiger charge is 2.05. The molecule has 3 heteroatoms. The molecule has 0 unspecified atom stereocenters. The first-order valence-corrected chi connectivity index (χ1v) is 7.54. The van der Waals surface area contributed by atoms with Crippen molar-refractivity contribution in [2.75, 3.05) is 6.61 Å². The molecule has 0 saturated carbocycles. The lowest BCUT2D eigenvalue weighted by molar-refractivity contribution is 0.0959. The Morgan fingerprint density at radius 2 is 1.67 bits per heavy atom. The fraction of sp³-hybridized carbons (Fsp3) is 0.278. The van der Waals surface area contributed by atoms with E-state index < -0.39 is 0 Å². The summed E-state index contributed by atoms with van der Waals surface area (Å²) in [5, 5.41) is 0.654. The quantitative estimate of drug-likeness (QED) is 0.511.